The van der Waals surface area contributed by atoms with Gasteiger partial charge in [-0.15, -0.1) is 0 Å². The van der Waals surface area contributed by atoms with E-state index in [1.54, 1.807) is 6.08 Å². The van der Waals surface area contributed by atoms with Crippen LogP contribution in [0.25, 0.3) is 11.8 Å². The van der Waals surface area contributed by atoms with E-state index in [-0.39, 0.29) is 17.5 Å². The molecule has 0 aliphatic heterocycles. The molecule has 0 atom stereocenters. The molecule has 1 aromatic heterocycles. The first-order valence-electron chi connectivity index (χ1n) is 9.37. The lowest BCUT2D eigenvalue weighted by Crippen LogP contribution is -2.36. The van der Waals surface area contributed by atoms with Crippen LogP contribution in [0.5, 0.6) is 0 Å². The molecule has 1 aliphatic rings. The van der Waals surface area contributed by atoms with Crippen LogP contribution in [0, 0.1) is 25.2 Å². The zero-order chi connectivity index (χ0) is 19.4. The summed E-state index contributed by atoms with van der Waals surface area (Å²) in [5.74, 6) is -0.281. The lowest BCUT2D eigenvalue weighted by atomic mass is 9.95. The van der Waals surface area contributed by atoms with Crippen LogP contribution in [-0.4, -0.2) is 16.5 Å². The highest BCUT2D eigenvalue weighted by molar-refractivity contribution is 6.30. The maximum Gasteiger partial charge on any atom is 0.262 e. The van der Waals surface area contributed by atoms with Gasteiger partial charge in [0.1, 0.15) is 11.6 Å². The maximum absolute atomic E-state index is 12.5. The third-order valence-electron chi connectivity index (χ3n) is 5.14. The van der Waals surface area contributed by atoms with Crippen LogP contribution >= 0.6 is 11.6 Å². The Morgan fingerprint density at radius 3 is 2.67 bits per heavy atom. The van der Waals surface area contributed by atoms with Gasteiger partial charge in [-0.05, 0) is 62.6 Å². The van der Waals surface area contributed by atoms with E-state index in [0.717, 1.165) is 48.3 Å². The van der Waals surface area contributed by atoms with E-state index in [1.165, 1.54) is 6.42 Å². The average molecular weight is 382 g/mol. The normalized spacial score (nSPS) is 15.4. The Morgan fingerprint density at radius 2 is 2.00 bits per heavy atom. The van der Waals surface area contributed by atoms with Crippen LogP contribution in [0.15, 0.2) is 35.9 Å². The van der Waals surface area contributed by atoms with E-state index in [4.69, 9.17) is 11.6 Å². The fourth-order valence-electron chi connectivity index (χ4n) is 3.76. The van der Waals surface area contributed by atoms with Gasteiger partial charge in [-0.1, -0.05) is 36.9 Å². The molecule has 0 bridgehead atoms. The van der Waals surface area contributed by atoms with Crippen molar-refractivity contribution in [2.45, 2.75) is 52.0 Å². The van der Waals surface area contributed by atoms with Crippen molar-refractivity contribution >= 4 is 23.6 Å². The average Bonchev–Trinajstić information content (AvgIpc) is 2.93. The topological polar surface area (TPSA) is 57.8 Å². The Balaban J connectivity index is 1.87. The molecule has 0 radical (unpaired) electrons. The molecule has 140 valence electrons. The number of nitriles is 1. The van der Waals surface area contributed by atoms with Crippen molar-refractivity contribution in [3.63, 3.8) is 0 Å². The summed E-state index contributed by atoms with van der Waals surface area (Å²) in [5.41, 5.74) is 3.95. The first-order valence-corrected chi connectivity index (χ1v) is 9.75. The molecule has 3 rings (SSSR count). The molecule has 1 saturated carbocycles. The Labute approximate surface area is 165 Å². The third kappa shape index (κ3) is 4.43. The minimum atomic E-state index is -0.281. The highest BCUT2D eigenvalue weighted by Gasteiger charge is 2.19. The number of halogens is 1. The minimum Gasteiger partial charge on any atom is -0.349 e. The number of carbonyl (C=O) groups is 1. The summed E-state index contributed by atoms with van der Waals surface area (Å²) < 4.78 is 2.08. The Bertz CT molecular complexity index is 914. The van der Waals surface area contributed by atoms with E-state index in [0.29, 0.717) is 5.02 Å². The van der Waals surface area contributed by atoms with Crippen molar-refractivity contribution < 1.29 is 4.79 Å². The predicted molar refractivity (Wildman–Crippen MR) is 109 cm³/mol. The number of aromatic nitrogens is 1. The van der Waals surface area contributed by atoms with Crippen molar-refractivity contribution in [3.05, 3.63) is 57.9 Å². The molecule has 2 aromatic rings. The molecule has 4 nitrogen and oxygen atoms in total. The molecule has 1 amide bonds. The van der Waals surface area contributed by atoms with Gasteiger partial charge in [-0.2, -0.15) is 5.26 Å². The molecular weight excluding hydrogens is 358 g/mol. The van der Waals surface area contributed by atoms with Gasteiger partial charge in [-0.3, -0.25) is 4.79 Å². The zero-order valence-corrected chi connectivity index (χ0v) is 16.5. The second-order valence-electron chi connectivity index (χ2n) is 7.12. The standard InChI is InChI=1S/C22H24ClN3O/c1-15-11-17(16(2)26(15)21-10-6-7-19(23)13-21)12-18(14-24)22(27)25-20-8-4-3-5-9-20/h6-7,10-13,20H,3-5,8-9H2,1-2H3,(H,25,27)/b18-12-. The van der Waals surface area contributed by atoms with Gasteiger partial charge in [-0.25, -0.2) is 0 Å². The summed E-state index contributed by atoms with van der Waals surface area (Å²) in [7, 11) is 0. The molecule has 0 saturated heterocycles. The van der Waals surface area contributed by atoms with E-state index in [1.807, 2.05) is 44.2 Å². The molecule has 1 fully saturated rings. The third-order valence-corrected chi connectivity index (χ3v) is 5.38. The number of carbonyl (C=O) groups excluding carboxylic acids is 1. The van der Waals surface area contributed by atoms with Gasteiger partial charge < -0.3 is 9.88 Å². The van der Waals surface area contributed by atoms with Crippen LogP contribution in [-0.2, 0) is 4.79 Å². The zero-order valence-electron chi connectivity index (χ0n) is 15.8. The number of nitrogens with zero attached hydrogens (tertiary/aromatic N) is 2. The van der Waals surface area contributed by atoms with Crippen LogP contribution in [0.1, 0.15) is 49.1 Å². The SMILES string of the molecule is Cc1cc(/C=C(/C#N)C(=O)NC2CCCCC2)c(C)n1-c1cccc(Cl)c1. The van der Waals surface area contributed by atoms with Gasteiger partial charge in [0.25, 0.3) is 5.91 Å². The fraction of sp³-hybridized carbons (Fsp3) is 0.364. The van der Waals surface area contributed by atoms with Gasteiger partial charge in [0.2, 0.25) is 0 Å². The van der Waals surface area contributed by atoms with Crippen LogP contribution in [0.2, 0.25) is 5.02 Å². The van der Waals surface area contributed by atoms with E-state index >= 15 is 0 Å². The summed E-state index contributed by atoms with van der Waals surface area (Å²) >= 11 is 6.13. The lowest BCUT2D eigenvalue weighted by Gasteiger charge is -2.22. The number of benzene rings is 1. The number of hydrogen-bond donors (Lipinski definition) is 1. The second kappa shape index (κ2) is 8.45. The van der Waals surface area contributed by atoms with Crippen molar-refractivity contribution in [1.82, 2.24) is 9.88 Å². The summed E-state index contributed by atoms with van der Waals surface area (Å²) in [6.45, 7) is 3.98. The highest BCUT2D eigenvalue weighted by Crippen LogP contribution is 2.25. The largest absolute Gasteiger partial charge is 0.349 e. The summed E-state index contributed by atoms with van der Waals surface area (Å²) in [6, 6.07) is 11.9. The number of nitrogens with one attached hydrogen (secondary N) is 1. The molecular formula is C22H24ClN3O. The molecule has 1 N–H and O–H groups in total. The van der Waals surface area contributed by atoms with Crippen molar-refractivity contribution in [1.29, 1.82) is 5.26 Å². The second-order valence-corrected chi connectivity index (χ2v) is 7.56. The molecule has 1 aromatic carbocycles. The monoisotopic (exact) mass is 381 g/mol. The van der Waals surface area contributed by atoms with E-state index < -0.39 is 0 Å². The number of aryl methyl sites for hydroxylation is 1. The fourth-order valence-corrected chi connectivity index (χ4v) is 3.94. The first-order chi connectivity index (χ1) is 13.0. The number of rotatable bonds is 4. The molecule has 5 heteroatoms. The van der Waals surface area contributed by atoms with Crippen molar-refractivity contribution in [2.24, 2.45) is 0 Å². The first kappa shape index (κ1) is 19.3. The predicted octanol–water partition coefficient (Wildman–Crippen LogP) is 5.10. The Kier molecular flexibility index (Phi) is 6.03. The molecule has 0 unspecified atom stereocenters. The van der Waals surface area contributed by atoms with Gasteiger partial charge in [0.05, 0.1) is 0 Å². The smallest absolute Gasteiger partial charge is 0.262 e. The quantitative estimate of drug-likeness (QED) is 0.591. The maximum atomic E-state index is 12.5. The summed E-state index contributed by atoms with van der Waals surface area (Å²) in [5, 5.41) is 13.2. The van der Waals surface area contributed by atoms with Gasteiger partial charge in [0.15, 0.2) is 0 Å². The van der Waals surface area contributed by atoms with Crippen LogP contribution < -0.4 is 5.32 Å². The van der Waals surface area contributed by atoms with E-state index in [2.05, 4.69) is 16.0 Å². The van der Waals surface area contributed by atoms with E-state index in [9.17, 15) is 10.1 Å². The molecule has 1 heterocycles. The molecule has 1 aliphatic carbocycles. The molecule has 0 spiro atoms. The summed E-state index contributed by atoms with van der Waals surface area (Å²) in [4.78, 5) is 12.5. The van der Waals surface area contributed by atoms with Gasteiger partial charge >= 0.3 is 0 Å². The van der Waals surface area contributed by atoms with Gasteiger partial charge in [0, 0.05) is 28.1 Å². The van der Waals surface area contributed by atoms with Crippen molar-refractivity contribution in [3.8, 4) is 11.8 Å². The van der Waals surface area contributed by atoms with Crippen LogP contribution in [0.3, 0.4) is 0 Å². The Hall–Kier alpha value is -2.51. The molecule has 27 heavy (non-hydrogen) atoms. The summed E-state index contributed by atoms with van der Waals surface area (Å²) in [6.07, 6.45) is 7.17. The lowest BCUT2D eigenvalue weighted by molar-refractivity contribution is -0.117. The minimum absolute atomic E-state index is 0.145. The Morgan fingerprint density at radius 1 is 1.26 bits per heavy atom. The number of hydrogen-bond acceptors (Lipinski definition) is 2. The number of amides is 1. The highest BCUT2D eigenvalue weighted by atomic mass is 35.5. The van der Waals surface area contributed by atoms with Crippen LogP contribution in [0.4, 0.5) is 0 Å². The van der Waals surface area contributed by atoms with Crippen molar-refractivity contribution in [2.75, 3.05) is 0 Å².